The fourth-order valence-electron chi connectivity index (χ4n) is 5.18. The molecule has 2 aromatic carbocycles. The van der Waals surface area contributed by atoms with Gasteiger partial charge in [0.15, 0.2) is 0 Å². The molecule has 188 valence electrons. The third-order valence-electron chi connectivity index (χ3n) is 7.28. The summed E-state index contributed by atoms with van der Waals surface area (Å²) in [5.74, 6) is 1.15. The van der Waals surface area contributed by atoms with Gasteiger partial charge in [-0.15, -0.1) is 0 Å². The molecule has 1 aliphatic rings. The van der Waals surface area contributed by atoms with E-state index in [-0.39, 0.29) is 0 Å². The van der Waals surface area contributed by atoms with Gasteiger partial charge in [0.05, 0.1) is 23.3 Å². The highest BCUT2D eigenvalue weighted by Gasteiger charge is 2.27. The van der Waals surface area contributed by atoms with E-state index < -0.39 is 0 Å². The molecule has 0 N–H and O–H groups in total. The van der Waals surface area contributed by atoms with E-state index in [9.17, 15) is 10.5 Å². The lowest BCUT2D eigenvalue weighted by atomic mass is 9.90. The maximum absolute atomic E-state index is 9.27. The number of para-hydroxylation sites is 1. The van der Waals surface area contributed by atoms with Crippen LogP contribution in [0.3, 0.4) is 0 Å². The van der Waals surface area contributed by atoms with Crippen molar-refractivity contribution < 1.29 is 4.74 Å². The van der Waals surface area contributed by atoms with Crippen LogP contribution < -0.4 is 4.74 Å². The van der Waals surface area contributed by atoms with Crippen molar-refractivity contribution in [2.24, 2.45) is 0 Å². The Bertz CT molecular complexity index is 1110. The standard InChI is InChI=1S/C30H37N5O/c1-3-25(26-11-12-27(21-32)24(2)20-26)9-6-15-34-17-13-29(23-34)35(16-7-14-31)18-19-36-30-10-5-4-8-28(30)22-33/h4-5,8,10-12,20,25,29H,3,6-7,9,13,15-19,23H2,1-2H3. The number of hydrogen-bond donors (Lipinski definition) is 0. The number of likely N-dealkylation sites (tertiary alicyclic amines) is 1. The molecular formula is C30H37N5O. The number of nitrogens with zero attached hydrogens (tertiary/aromatic N) is 5. The van der Waals surface area contributed by atoms with Crippen molar-refractivity contribution in [3.63, 3.8) is 0 Å². The number of rotatable bonds is 13. The largest absolute Gasteiger partial charge is 0.491 e. The zero-order valence-corrected chi connectivity index (χ0v) is 21.6. The molecule has 0 aliphatic carbocycles. The molecule has 6 nitrogen and oxygen atoms in total. The molecule has 0 radical (unpaired) electrons. The zero-order chi connectivity index (χ0) is 25.8. The Morgan fingerprint density at radius 2 is 1.89 bits per heavy atom. The summed E-state index contributed by atoms with van der Waals surface area (Å²) in [6.07, 6.45) is 5.01. The van der Waals surface area contributed by atoms with Crippen LogP contribution in [0.4, 0.5) is 0 Å². The minimum atomic E-state index is 0.427. The smallest absolute Gasteiger partial charge is 0.137 e. The fourth-order valence-corrected chi connectivity index (χ4v) is 5.18. The van der Waals surface area contributed by atoms with E-state index in [1.54, 1.807) is 6.07 Å². The number of hydrogen-bond acceptors (Lipinski definition) is 6. The van der Waals surface area contributed by atoms with Crippen LogP contribution in [-0.4, -0.2) is 55.2 Å². The monoisotopic (exact) mass is 483 g/mol. The number of benzene rings is 2. The van der Waals surface area contributed by atoms with Crippen molar-refractivity contribution >= 4 is 0 Å². The van der Waals surface area contributed by atoms with Gasteiger partial charge in [0.1, 0.15) is 18.4 Å². The van der Waals surface area contributed by atoms with E-state index in [0.717, 1.165) is 69.5 Å². The second kappa shape index (κ2) is 14.3. The lowest BCUT2D eigenvalue weighted by Gasteiger charge is -2.28. The van der Waals surface area contributed by atoms with Gasteiger partial charge >= 0.3 is 0 Å². The maximum Gasteiger partial charge on any atom is 0.137 e. The molecule has 1 fully saturated rings. The molecule has 0 aromatic heterocycles. The third-order valence-corrected chi connectivity index (χ3v) is 7.28. The van der Waals surface area contributed by atoms with Crippen molar-refractivity contribution in [2.75, 3.05) is 39.3 Å². The van der Waals surface area contributed by atoms with Crippen molar-refractivity contribution in [3.8, 4) is 24.0 Å². The maximum atomic E-state index is 9.27. The summed E-state index contributed by atoms with van der Waals surface area (Å²) in [7, 11) is 0. The zero-order valence-electron chi connectivity index (χ0n) is 21.6. The van der Waals surface area contributed by atoms with E-state index in [4.69, 9.17) is 10.00 Å². The van der Waals surface area contributed by atoms with Crippen LogP contribution >= 0.6 is 0 Å². The molecule has 1 saturated heterocycles. The van der Waals surface area contributed by atoms with Crippen LogP contribution in [0.2, 0.25) is 0 Å². The van der Waals surface area contributed by atoms with Crippen molar-refractivity contribution in [1.29, 1.82) is 15.8 Å². The molecule has 0 bridgehead atoms. The van der Waals surface area contributed by atoms with Crippen LogP contribution in [-0.2, 0) is 0 Å². The van der Waals surface area contributed by atoms with Crippen LogP contribution in [0.15, 0.2) is 42.5 Å². The Kier molecular flexibility index (Phi) is 10.8. The molecule has 6 heteroatoms. The molecular weight excluding hydrogens is 446 g/mol. The predicted octanol–water partition coefficient (Wildman–Crippen LogP) is 5.38. The van der Waals surface area contributed by atoms with Gasteiger partial charge in [-0.25, -0.2) is 0 Å². The summed E-state index contributed by atoms with van der Waals surface area (Å²) >= 11 is 0. The van der Waals surface area contributed by atoms with Gasteiger partial charge in [-0.1, -0.05) is 31.2 Å². The van der Waals surface area contributed by atoms with E-state index in [0.29, 0.717) is 36.3 Å². The van der Waals surface area contributed by atoms with Crippen LogP contribution in [0.25, 0.3) is 0 Å². The van der Waals surface area contributed by atoms with Gasteiger partial charge < -0.3 is 9.64 Å². The molecule has 36 heavy (non-hydrogen) atoms. The summed E-state index contributed by atoms with van der Waals surface area (Å²) in [6, 6.07) is 20.7. The number of nitriles is 3. The average molecular weight is 484 g/mol. The summed E-state index contributed by atoms with van der Waals surface area (Å²) in [5.41, 5.74) is 3.72. The molecule has 2 aromatic rings. The normalized spacial score (nSPS) is 16.3. The summed E-state index contributed by atoms with van der Waals surface area (Å²) in [5, 5.41) is 27.6. The van der Waals surface area contributed by atoms with E-state index in [1.165, 1.54) is 5.56 Å². The topological polar surface area (TPSA) is 87.1 Å². The molecule has 0 spiro atoms. The molecule has 1 aliphatic heterocycles. The molecule has 0 saturated carbocycles. The van der Waals surface area contributed by atoms with Gasteiger partial charge in [0.2, 0.25) is 0 Å². The molecule has 1 heterocycles. The highest BCUT2D eigenvalue weighted by Crippen LogP contribution is 2.27. The first-order valence-corrected chi connectivity index (χ1v) is 13.1. The van der Waals surface area contributed by atoms with Gasteiger partial charge in [0.25, 0.3) is 0 Å². The Morgan fingerprint density at radius 1 is 1.08 bits per heavy atom. The Labute approximate surface area is 216 Å². The van der Waals surface area contributed by atoms with Crippen LogP contribution in [0, 0.1) is 40.9 Å². The second-order valence-corrected chi connectivity index (χ2v) is 9.58. The first kappa shape index (κ1) is 27.2. The fraction of sp³-hybridized carbons (Fsp3) is 0.500. The molecule has 2 atom stereocenters. The second-order valence-electron chi connectivity index (χ2n) is 9.58. The molecule has 0 amide bonds. The summed E-state index contributed by atoms with van der Waals surface area (Å²) < 4.78 is 5.91. The van der Waals surface area contributed by atoms with Crippen LogP contribution in [0.5, 0.6) is 5.75 Å². The Hall–Kier alpha value is -3.37. The third kappa shape index (κ3) is 7.56. The average Bonchev–Trinajstić information content (AvgIpc) is 3.37. The highest BCUT2D eigenvalue weighted by molar-refractivity contribution is 5.42. The van der Waals surface area contributed by atoms with E-state index >= 15 is 0 Å². The van der Waals surface area contributed by atoms with Crippen molar-refractivity contribution in [2.45, 2.75) is 57.9 Å². The predicted molar refractivity (Wildman–Crippen MR) is 141 cm³/mol. The lowest BCUT2D eigenvalue weighted by Crippen LogP contribution is -2.40. The van der Waals surface area contributed by atoms with Crippen LogP contribution in [0.1, 0.15) is 67.2 Å². The van der Waals surface area contributed by atoms with Gasteiger partial charge in [0, 0.05) is 32.1 Å². The SMILES string of the molecule is CCC(CCCN1CCC(N(CCC#N)CCOc2ccccc2C#N)C1)c1ccc(C#N)c(C)c1. The van der Waals surface area contributed by atoms with E-state index in [2.05, 4.69) is 47.1 Å². The van der Waals surface area contributed by atoms with Gasteiger partial charge in [-0.2, -0.15) is 15.8 Å². The van der Waals surface area contributed by atoms with Gasteiger partial charge in [-0.05, 0) is 80.9 Å². The summed E-state index contributed by atoms with van der Waals surface area (Å²) in [4.78, 5) is 4.93. The van der Waals surface area contributed by atoms with Crippen molar-refractivity contribution in [3.05, 3.63) is 64.7 Å². The highest BCUT2D eigenvalue weighted by atomic mass is 16.5. The lowest BCUT2D eigenvalue weighted by molar-refractivity contribution is 0.160. The Balaban J connectivity index is 1.48. The summed E-state index contributed by atoms with van der Waals surface area (Å²) in [6.45, 7) is 9.44. The minimum Gasteiger partial charge on any atom is -0.491 e. The Morgan fingerprint density at radius 3 is 2.61 bits per heavy atom. The van der Waals surface area contributed by atoms with E-state index in [1.807, 2.05) is 31.2 Å². The molecule has 2 unspecified atom stereocenters. The molecule has 3 rings (SSSR count). The quantitative estimate of drug-likeness (QED) is 0.380. The number of aryl methyl sites for hydroxylation is 1. The number of ether oxygens (including phenoxy) is 1. The van der Waals surface area contributed by atoms with Crippen molar-refractivity contribution in [1.82, 2.24) is 9.80 Å². The minimum absolute atomic E-state index is 0.427. The first-order valence-electron chi connectivity index (χ1n) is 13.1. The van der Waals surface area contributed by atoms with Gasteiger partial charge in [-0.3, -0.25) is 4.90 Å². The first-order chi connectivity index (χ1) is 17.6.